The van der Waals surface area contributed by atoms with E-state index >= 15 is 0 Å². The van der Waals surface area contributed by atoms with E-state index in [-0.39, 0.29) is 0 Å². The molecular weight excluding hydrogens is 375 g/mol. The van der Waals surface area contributed by atoms with E-state index < -0.39 is 0 Å². The topological polar surface area (TPSA) is 15.7 Å². The van der Waals surface area contributed by atoms with Crippen LogP contribution in [-0.2, 0) is 6.42 Å². The van der Waals surface area contributed by atoms with Gasteiger partial charge in [-0.25, -0.2) is 0 Å². The van der Waals surface area contributed by atoms with Gasteiger partial charge in [-0.15, -0.1) is 0 Å². The number of hydrogen-bond donors (Lipinski definition) is 0. The molecule has 0 aliphatic carbocycles. The summed E-state index contributed by atoms with van der Waals surface area (Å²) in [4.78, 5) is 4.94. The Morgan fingerprint density at radius 2 is 2.00 bits per heavy atom. The van der Waals surface area contributed by atoms with Gasteiger partial charge in [0.1, 0.15) is 5.75 Å². The predicted octanol–water partition coefficient (Wildman–Crippen LogP) is 3.38. The van der Waals surface area contributed by atoms with Crippen LogP contribution in [0.15, 0.2) is 30.5 Å². The lowest BCUT2D eigenvalue weighted by atomic mass is 10.1. The fraction of sp³-hybridized carbons (Fsp3) is 0.529. The minimum atomic E-state index is 0.959. The molecule has 4 heteroatoms. The maximum Gasteiger partial charge on any atom is 0.119 e. The molecule has 0 spiro atoms. The van der Waals surface area contributed by atoms with Gasteiger partial charge in [-0.05, 0) is 72.7 Å². The van der Waals surface area contributed by atoms with Gasteiger partial charge in [0.15, 0.2) is 0 Å². The Kier molecular flexibility index (Phi) is 6.36. The standard InChI is InChI=1S/C17H25IN2O/c1-14(2)20-11-9-19(10-12-20)8-4-5-15-13-16(21-3)6-7-17(15)18/h6-7,13H,1,4-5,8-12H2,2-3H3. The number of piperazine rings is 1. The Balaban J connectivity index is 1.76. The largest absolute Gasteiger partial charge is 0.497 e. The molecule has 0 N–H and O–H groups in total. The molecule has 0 amide bonds. The molecule has 0 unspecified atom stereocenters. The van der Waals surface area contributed by atoms with Gasteiger partial charge in [0, 0.05) is 35.4 Å². The summed E-state index contributed by atoms with van der Waals surface area (Å²) in [5.41, 5.74) is 2.59. The van der Waals surface area contributed by atoms with Crippen LogP contribution in [0.1, 0.15) is 18.9 Å². The Labute approximate surface area is 142 Å². The van der Waals surface area contributed by atoms with E-state index in [1.165, 1.54) is 27.8 Å². The van der Waals surface area contributed by atoms with E-state index in [0.29, 0.717) is 0 Å². The molecule has 0 aromatic heterocycles. The number of nitrogens with zero attached hydrogens (tertiary/aromatic N) is 2. The lowest BCUT2D eigenvalue weighted by Crippen LogP contribution is -2.45. The smallest absolute Gasteiger partial charge is 0.119 e. The zero-order chi connectivity index (χ0) is 15.2. The third-order valence-electron chi connectivity index (χ3n) is 4.09. The molecule has 0 atom stereocenters. The quantitative estimate of drug-likeness (QED) is 0.681. The first-order valence-corrected chi connectivity index (χ1v) is 8.63. The summed E-state index contributed by atoms with van der Waals surface area (Å²) in [6, 6.07) is 6.34. The fourth-order valence-corrected chi connectivity index (χ4v) is 3.32. The van der Waals surface area contributed by atoms with Gasteiger partial charge in [-0.2, -0.15) is 0 Å². The van der Waals surface area contributed by atoms with E-state index in [1.807, 2.05) is 6.07 Å². The zero-order valence-electron chi connectivity index (χ0n) is 13.1. The van der Waals surface area contributed by atoms with E-state index in [0.717, 1.165) is 38.3 Å². The summed E-state index contributed by atoms with van der Waals surface area (Å²) in [5, 5.41) is 0. The van der Waals surface area contributed by atoms with Crippen LogP contribution < -0.4 is 4.74 Å². The van der Waals surface area contributed by atoms with Crippen molar-refractivity contribution < 1.29 is 4.74 Å². The minimum Gasteiger partial charge on any atom is -0.497 e. The molecular formula is C17H25IN2O. The van der Waals surface area contributed by atoms with Gasteiger partial charge >= 0.3 is 0 Å². The molecule has 116 valence electrons. The molecule has 1 aliphatic heterocycles. The van der Waals surface area contributed by atoms with Crippen molar-refractivity contribution in [3.05, 3.63) is 39.6 Å². The third kappa shape index (κ3) is 4.88. The lowest BCUT2D eigenvalue weighted by Gasteiger charge is -2.36. The third-order valence-corrected chi connectivity index (χ3v) is 5.14. The molecule has 0 radical (unpaired) electrons. The summed E-state index contributed by atoms with van der Waals surface area (Å²) >= 11 is 2.41. The average Bonchev–Trinajstić information content (AvgIpc) is 2.49. The summed E-state index contributed by atoms with van der Waals surface area (Å²) in [6.07, 6.45) is 2.33. The molecule has 1 aromatic carbocycles. The van der Waals surface area contributed by atoms with Crippen LogP contribution in [-0.4, -0.2) is 49.6 Å². The van der Waals surface area contributed by atoms with Crippen molar-refractivity contribution >= 4 is 22.6 Å². The van der Waals surface area contributed by atoms with E-state index in [4.69, 9.17) is 4.74 Å². The van der Waals surface area contributed by atoms with Crippen LogP contribution >= 0.6 is 22.6 Å². The van der Waals surface area contributed by atoms with E-state index in [2.05, 4.69) is 58.0 Å². The first-order valence-electron chi connectivity index (χ1n) is 7.55. The number of halogens is 1. The van der Waals surface area contributed by atoms with Crippen molar-refractivity contribution in [1.82, 2.24) is 9.80 Å². The van der Waals surface area contributed by atoms with Gasteiger partial charge in [0.05, 0.1) is 7.11 Å². The molecule has 1 fully saturated rings. The maximum atomic E-state index is 5.31. The average molecular weight is 400 g/mol. The second-order valence-corrected chi connectivity index (χ2v) is 6.79. The monoisotopic (exact) mass is 400 g/mol. The number of methoxy groups -OCH3 is 1. The van der Waals surface area contributed by atoms with Crippen molar-refractivity contribution in [3.8, 4) is 5.75 Å². The number of benzene rings is 1. The van der Waals surface area contributed by atoms with Crippen molar-refractivity contribution in [2.45, 2.75) is 19.8 Å². The number of rotatable bonds is 6. The van der Waals surface area contributed by atoms with Gasteiger partial charge in [0.2, 0.25) is 0 Å². The van der Waals surface area contributed by atoms with Crippen LogP contribution in [0.4, 0.5) is 0 Å². The van der Waals surface area contributed by atoms with Crippen LogP contribution in [0, 0.1) is 3.57 Å². The Morgan fingerprint density at radius 1 is 1.29 bits per heavy atom. The van der Waals surface area contributed by atoms with Crippen LogP contribution in [0.2, 0.25) is 0 Å². The number of aryl methyl sites for hydroxylation is 1. The van der Waals surface area contributed by atoms with Crippen LogP contribution in [0.25, 0.3) is 0 Å². The minimum absolute atomic E-state index is 0.959. The highest BCUT2D eigenvalue weighted by molar-refractivity contribution is 14.1. The second kappa shape index (κ2) is 8.03. The van der Waals surface area contributed by atoms with Crippen molar-refractivity contribution in [3.63, 3.8) is 0 Å². The maximum absolute atomic E-state index is 5.31. The molecule has 0 bridgehead atoms. The highest BCUT2D eigenvalue weighted by atomic mass is 127. The van der Waals surface area contributed by atoms with Crippen molar-refractivity contribution in [1.29, 1.82) is 0 Å². The van der Waals surface area contributed by atoms with Gasteiger partial charge < -0.3 is 9.64 Å². The van der Waals surface area contributed by atoms with Gasteiger partial charge in [-0.3, -0.25) is 4.90 Å². The molecule has 1 saturated heterocycles. The molecule has 1 aromatic rings. The summed E-state index contributed by atoms with van der Waals surface area (Å²) < 4.78 is 6.65. The predicted molar refractivity (Wildman–Crippen MR) is 96.9 cm³/mol. The highest BCUT2D eigenvalue weighted by Crippen LogP contribution is 2.21. The number of allylic oxidation sites excluding steroid dienone is 1. The van der Waals surface area contributed by atoms with E-state index in [9.17, 15) is 0 Å². The second-order valence-electron chi connectivity index (χ2n) is 5.62. The fourth-order valence-electron chi connectivity index (χ4n) is 2.72. The molecule has 1 aliphatic rings. The van der Waals surface area contributed by atoms with Crippen molar-refractivity contribution in [2.24, 2.45) is 0 Å². The molecule has 0 saturated carbocycles. The summed E-state index contributed by atoms with van der Waals surface area (Å²) in [6.45, 7) is 11.8. The molecule has 1 heterocycles. The normalized spacial score (nSPS) is 16.0. The lowest BCUT2D eigenvalue weighted by molar-refractivity contribution is 0.158. The Bertz CT molecular complexity index is 482. The number of ether oxygens (including phenoxy) is 1. The molecule has 2 rings (SSSR count). The Morgan fingerprint density at radius 3 is 2.62 bits per heavy atom. The SMILES string of the molecule is C=C(C)N1CCN(CCCc2cc(OC)ccc2I)CC1. The molecule has 21 heavy (non-hydrogen) atoms. The van der Waals surface area contributed by atoms with Crippen molar-refractivity contribution in [2.75, 3.05) is 39.8 Å². The molecule has 3 nitrogen and oxygen atoms in total. The zero-order valence-corrected chi connectivity index (χ0v) is 15.2. The van der Waals surface area contributed by atoms with E-state index in [1.54, 1.807) is 7.11 Å². The van der Waals surface area contributed by atoms with Gasteiger partial charge in [0.25, 0.3) is 0 Å². The van der Waals surface area contributed by atoms with Crippen LogP contribution in [0.3, 0.4) is 0 Å². The number of hydrogen-bond acceptors (Lipinski definition) is 3. The Hall–Kier alpha value is -0.750. The summed E-state index contributed by atoms with van der Waals surface area (Å²) in [7, 11) is 1.73. The summed E-state index contributed by atoms with van der Waals surface area (Å²) in [5.74, 6) is 0.959. The first kappa shape index (κ1) is 16.6. The first-order chi connectivity index (χ1) is 10.1. The van der Waals surface area contributed by atoms with Gasteiger partial charge in [-0.1, -0.05) is 6.58 Å². The highest BCUT2D eigenvalue weighted by Gasteiger charge is 2.15. The van der Waals surface area contributed by atoms with Crippen LogP contribution in [0.5, 0.6) is 5.75 Å².